The molecule has 2 atom stereocenters. The van der Waals surface area contributed by atoms with Gasteiger partial charge in [0, 0.05) is 31.9 Å². The first-order chi connectivity index (χ1) is 11.2. The molecule has 0 aliphatic carbocycles. The van der Waals surface area contributed by atoms with Gasteiger partial charge < -0.3 is 9.47 Å². The van der Waals surface area contributed by atoms with Gasteiger partial charge in [-0.3, -0.25) is 0 Å². The average Bonchev–Trinajstić information content (AvgIpc) is 2.62. The number of methoxy groups -OCH3 is 1. The van der Waals surface area contributed by atoms with Crippen LogP contribution in [0.2, 0.25) is 0 Å². The molecule has 0 aromatic heterocycles. The van der Waals surface area contributed by atoms with Crippen LogP contribution in [-0.4, -0.2) is 12.9 Å². The van der Waals surface area contributed by atoms with E-state index >= 15 is 0 Å². The van der Waals surface area contributed by atoms with Crippen LogP contribution in [0.15, 0.2) is 66.2 Å². The second-order valence-electron chi connectivity index (χ2n) is 5.83. The van der Waals surface area contributed by atoms with E-state index in [0.717, 1.165) is 11.1 Å². The number of hydrogen-bond donors (Lipinski definition) is 0. The van der Waals surface area contributed by atoms with Crippen molar-refractivity contribution in [3.8, 4) is 6.07 Å². The minimum Gasteiger partial charge on any atom is -0.461 e. The highest BCUT2D eigenvalue weighted by Crippen LogP contribution is 2.44. The van der Waals surface area contributed by atoms with Crippen LogP contribution in [0.5, 0.6) is 0 Å². The summed E-state index contributed by atoms with van der Waals surface area (Å²) in [6.07, 6.45) is 0.604. The predicted octanol–water partition coefficient (Wildman–Crippen LogP) is 4.49. The Labute approximate surface area is 136 Å². The lowest BCUT2D eigenvalue weighted by molar-refractivity contribution is -0.179. The molecule has 0 unspecified atom stereocenters. The summed E-state index contributed by atoms with van der Waals surface area (Å²) in [4.78, 5) is 0. The van der Waals surface area contributed by atoms with E-state index in [2.05, 4.69) is 6.07 Å². The highest BCUT2D eigenvalue weighted by molar-refractivity contribution is 5.70. The minimum atomic E-state index is -0.758. The van der Waals surface area contributed by atoms with Gasteiger partial charge in [0.05, 0.1) is 11.6 Å². The summed E-state index contributed by atoms with van der Waals surface area (Å²) in [5.74, 6) is -0.195. The smallest absolute Gasteiger partial charge is 0.208 e. The van der Waals surface area contributed by atoms with Crippen molar-refractivity contribution in [3.05, 3.63) is 77.4 Å². The molecule has 0 saturated heterocycles. The van der Waals surface area contributed by atoms with Crippen molar-refractivity contribution in [1.29, 1.82) is 5.26 Å². The van der Waals surface area contributed by atoms with Crippen molar-refractivity contribution in [1.82, 2.24) is 0 Å². The molecule has 2 aromatic carbocycles. The molecule has 0 amide bonds. The van der Waals surface area contributed by atoms with Crippen LogP contribution in [0.25, 0.3) is 5.76 Å². The van der Waals surface area contributed by atoms with Crippen LogP contribution in [0.3, 0.4) is 0 Å². The van der Waals surface area contributed by atoms with E-state index in [1.165, 1.54) is 0 Å². The first-order valence-electron chi connectivity index (χ1n) is 7.65. The molecule has 0 spiro atoms. The van der Waals surface area contributed by atoms with Crippen LogP contribution in [0.4, 0.5) is 0 Å². The number of ether oxygens (including phenoxy) is 2. The third-order valence-electron chi connectivity index (χ3n) is 4.28. The predicted molar refractivity (Wildman–Crippen MR) is 89.3 cm³/mol. The van der Waals surface area contributed by atoms with Gasteiger partial charge in [0.1, 0.15) is 5.76 Å². The van der Waals surface area contributed by atoms with Gasteiger partial charge in [-0.25, -0.2) is 0 Å². The highest BCUT2D eigenvalue weighted by Gasteiger charge is 2.40. The Bertz CT molecular complexity index is 746. The van der Waals surface area contributed by atoms with Crippen LogP contribution in [0, 0.1) is 11.3 Å². The number of rotatable bonds is 3. The second-order valence-corrected chi connectivity index (χ2v) is 5.83. The topological polar surface area (TPSA) is 42.2 Å². The molecule has 2 aromatic rings. The Kier molecular flexibility index (Phi) is 4.18. The number of nitriles is 1. The first kappa shape index (κ1) is 15.3. The Hall–Kier alpha value is -2.57. The Balaban J connectivity index is 2.16. The van der Waals surface area contributed by atoms with Crippen molar-refractivity contribution in [2.24, 2.45) is 0 Å². The summed E-state index contributed by atoms with van der Waals surface area (Å²) < 4.78 is 11.7. The van der Waals surface area contributed by atoms with Crippen LogP contribution in [-0.2, 0) is 9.47 Å². The average molecular weight is 305 g/mol. The van der Waals surface area contributed by atoms with E-state index in [1.807, 2.05) is 67.6 Å². The quantitative estimate of drug-likeness (QED) is 0.839. The standard InChI is InChI=1S/C20H19NO2/c1-20(22-2)13-17(15-9-5-3-6-10-15)18(14-21)19(23-20)16-11-7-4-8-12-16/h3-12,17H,13H2,1-2H3/t17-,20+/m1/s1. The number of nitrogens with zero attached hydrogens (tertiary/aromatic N) is 1. The minimum absolute atomic E-state index is 0.0462. The molecule has 1 aliphatic heterocycles. The summed E-state index contributed by atoms with van der Waals surface area (Å²) in [7, 11) is 1.64. The zero-order valence-electron chi connectivity index (χ0n) is 13.3. The molecular weight excluding hydrogens is 286 g/mol. The third kappa shape index (κ3) is 2.99. The number of hydrogen-bond acceptors (Lipinski definition) is 3. The molecule has 3 rings (SSSR count). The van der Waals surface area contributed by atoms with Gasteiger partial charge in [0.25, 0.3) is 0 Å². The van der Waals surface area contributed by atoms with Crippen LogP contribution >= 0.6 is 0 Å². The fourth-order valence-electron chi connectivity index (χ4n) is 2.97. The van der Waals surface area contributed by atoms with E-state index in [9.17, 15) is 5.26 Å². The molecule has 0 radical (unpaired) electrons. The van der Waals surface area contributed by atoms with Crippen molar-refractivity contribution >= 4 is 5.76 Å². The fourth-order valence-corrected chi connectivity index (χ4v) is 2.97. The molecule has 0 bridgehead atoms. The number of allylic oxidation sites excluding steroid dienone is 1. The zero-order chi connectivity index (χ0) is 16.3. The molecule has 1 heterocycles. The van der Waals surface area contributed by atoms with Crippen LogP contribution < -0.4 is 0 Å². The SMILES string of the molecule is CO[C@]1(C)C[C@H](c2ccccc2)C(C#N)=C(c2ccccc2)O1. The maximum atomic E-state index is 9.77. The van der Waals surface area contributed by atoms with Crippen molar-refractivity contribution in [2.45, 2.75) is 25.0 Å². The molecule has 3 heteroatoms. The normalized spacial score (nSPS) is 24.0. The molecule has 116 valence electrons. The zero-order valence-corrected chi connectivity index (χ0v) is 13.3. The van der Waals surface area contributed by atoms with Gasteiger partial charge in [-0.2, -0.15) is 5.26 Å². The maximum absolute atomic E-state index is 9.77. The Morgan fingerprint density at radius 1 is 1.09 bits per heavy atom. The highest BCUT2D eigenvalue weighted by atomic mass is 16.7. The largest absolute Gasteiger partial charge is 0.461 e. The summed E-state index contributed by atoms with van der Waals surface area (Å²) in [5.41, 5.74) is 2.65. The van der Waals surface area contributed by atoms with Gasteiger partial charge in [0.2, 0.25) is 5.79 Å². The van der Waals surface area contributed by atoms with E-state index in [1.54, 1.807) is 7.11 Å². The van der Waals surface area contributed by atoms with Gasteiger partial charge in [-0.05, 0) is 5.56 Å². The van der Waals surface area contributed by atoms with Crippen molar-refractivity contribution < 1.29 is 9.47 Å². The third-order valence-corrected chi connectivity index (χ3v) is 4.28. The Morgan fingerprint density at radius 2 is 1.70 bits per heavy atom. The van der Waals surface area contributed by atoms with Gasteiger partial charge in [-0.15, -0.1) is 0 Å². The van der Waals surface area contributed by atoms with E-state index in [-0.39, 0.29) is 5.92 Å². The monoisotopic (exact) mass is 305 g/mol. The van der Waals surface area contributed by atoms with E-state index in [4.69, 9.17) is 9.47 Å². The summed E-state index contributed by atoms with van der Waals surface area (Å²) in [6, 6.07) is 22.2. The lowest BCUT2D eigenvalue weighted by atomic mass is 9.82. The van der Waals surface area contributed by atoms with Gasteiger partial charge in [0.15, 0.2) is 0 Å². The van der Waals surface area contributed by atoms with E-state index < -0.39 is 5.79 Å². The molecule has 3 nitrogen and oxygen atoms in total. The summed E-state index contributed by atoms with van der Waals surface area (Å²) in [5, 5.41) is 9.77. The molecule has 0 saturated carbocycles. The molecule has 0 fully saturated rings. The first-order valence-corrected chi connectivity index (χ1v) is 7.65. The lowest BCUT2D eigenvalue weighted by Crippen LogP contribution is -2.37. The lowest BCUT2D eigenvalue weighted by Gasteiger charge is -2.38. The molecule has 23 heavy (non-hydrogen) atoms. The molecule has 1 aliphatic rings. The van der Waals surface area contributed by atoms with Gasteiger partial charge >= 0.3 is 0 Å². The second kappa shape index (κ2) is 6.28. The maximum Gasteiger partial charge on any atom is 0.208 e. The van der Waals surface area contributed by atoms with Gasteiger partial charge in [-0.1, -0.05) is 60.7 Å². The summed E-state index contributed by atoms with van der Waals surface area (Å²) >= 11 is 0. The van der Waals surface area contributed by atoms with E-state index in [0.29, 0.717) is 17.8 Å². The fraction of sp³-hybridized carbons (Fsp3) is 0.250. The summed E-state index contributed by atoms with van der Waals surface area (Å²) in [6.45, 7) is 1.92. The number of benzene rings is 2. The van der Waals surface area contributed by atoms with Crippen molar-refractivity contribution in [3.63, 3.8) is 0 Å². The van der Waals surface area contributed by atoms with Crippen LogP contribution in [0.1, 0.15) is 30.4 Å². The Morgan fingerprint density at radius 3 is 2.26 bits per heavy atom. The van der Waals surface area contributed by atoms with Crippen molar-refractivity contribution in [2.75, 3.05) is 7.11 Å². The molecular formula is C20H19NO2. The molecule has 0 N–H and O–H groups in total.